The largest absolute Gasteiger partial charge is 0.497 e. The lowest BCUT2D eigenvalue weighted by molar-refractivity contribution is -0.135. The molecule has 0 atom stereocenters. The Labute approximate surface area is 170 Å². The monoisotopic (exact) mass is 396 g/mol. The fraction of sp³-hybridized carbons (Fsp3) is 0.261. The molecule has 0 saturated carbocycles. The van der Waals surface area contributed by atoms with E-state index < -0.39 is 5.97 Å². The van der Waals surface area contributed by atoms with Crippen LogP contribution in [0.15, 0.2) is 35.9 Å². The summed E-state index contributed by atoms with van der Waals surface area (Å²) in [4.78, 5) is 11.4. The van der Waals surface area contributed by atoms with E-state index in [4.69, 9.17) is 18.9 Å². The van der Waals surface area contributed by atoms with Crippen LogP contribution in [0.25, 0.3) is 17.2 Å². The number of allylic oxidation sites excluding steroid dienone is 2. The molecule has 6 heteroatoms. The third kappa shape index (κ3) is 3.66. The number of aliphatic carboxylic acids is 1. The molecule has 1 aliphatic rings. The van der Waals surface area contributed by atoms with Crippen LogP contribution in [0, 0.1) is 0 Å². The minimum Gasteiger partial charge on any atom is -0.497 e. The van der Waals surface area contributed by atoms with Gasteiger partial charge in [-0.15, -0.1) is 0 Å². The summed E-state index contributed by atoms with van der Waals surface area (Å²) in [6.45, 7) is 1.93. The minimum absolute atomic E-state index is 0.0631. The van der Waals surface area contributed by atoms with E-state index in [9.17, 15) is 9.90 Å². The molecule has 6 nitrogen and oxygen atoms in total. The predicted octanol–water partition coefficient (Wildman–Crippen LogP) is 4.52. The molecule has 0 saturated heterocycles. The highest BCUT2D eigenvalue weighted by Gasteiger charge is 2.26. The van der Waals surface area contributed by atoms with E-state index in [0.29, 0.717) is 23.0 Å². The fourth-order valence-electron chi connectivity index (χ4n) is 3.66. The van der Waals surface area contributed by atoms with Crippen LogP contribution in [0.2, 0.25) is 0 Å². The number of carbonyl (C=O) groups is 1. The van der Waals surface area contributed by atoms with E-state index in [-0.39, 0.29) is 6.42 Å². The van der Waals surface area contributed by atoms with Gasteiger partial charge in [0, 0.05) is 5.56 Å². The van der Waals surface area contributed by atoms with E-state index in [2.05, 4.69) is 0 Å². The van der Waals surface area contributed by atoms with Crippen molar-refractivity contribution in [1.82, 2.24) is 0 Å². The molecule has 29 heavy (non-hydrogen) atoms. The van der Waals surface area contributed by atoms with Crippen LogP contribution in [0.1, 0.15) is 30.0 Å². The molecule has 2 aromatic rings. The van der Waals surface area contributed by atoms with Crippen molar-refractivity contribution in [2.75, 3.05) is 28.4 Å². The Morgan fingerprint density at radius 3 is 2.24 bits per heavy atom. The molecule has 0 fully saturated rings. The minimum atomic E-state index is -0.877. The summed E-state index contributed by atoms with van der Waals surface area (Å²) in [6, 6.07) is 9.40. The number of hydrogen-bond donors (Lipinski definition) is 1. The molecule has 152 valence electrons. The van der Waals surface area contributed by atoms with E-state index in [1.165, 1.54) is 0 Å². The topological polar surface area (TPSA) is 74.2 Å². The quantitative estimate of drug-likeness (QED) is 0.742. The third-order valence-electron chi connectivity index (χ3n) is 5.06. The van der Waals surface area contributed by atoms with E-state index in [1.807, 2.05) is 43.3 Å². The Morgan fingerprint density at radius 2 is 1.66 bits per heavy atom. The lowest BCUT2D eigenvalue weighted by atomic mass is 9.99. The first kappa shape index (κ1) is 20.3. The highest BCUT2D eigenvalue weighted by Crippen LogP contribution is 2.47. The van der Waals surface area contributed by atoms with Crippen molar-refractivity contribution in [3.05, 3.63) is 52.6 Å². The standard InChI is InChI=1S/C23H24O6/c1-13-17(10-14-6-9-20(27-3)23(29-5)22(14)28-4)16-8-7-15(26-2)11-19(16)18(13)12-21(24)25/h6-11H,12H2,1-5H3,(H,24,25). The molecule has 1 N–H and O–H groups in total. The van der Waals surface area contributed by atoms with Gasteiger partial charge in [0.15, 0.2) is 11.5 Å². The van der Waals surface area contributed by atoms with Gasteiger partial charge in [0.2, 0.25) is 5.75 Å². The van der Waals surface area contributed by atoms with Crippen LogP contribution in [0.5, 0.6) is 23.0 Å². The second kappa shape index (κ2) is 8.31. The zero-order chi connectivity index (χ0) is 21.1. The van der Waals surface area contributed by atoms with Crippen molar-refractivity contribution in [2.45, 2.75) is 13.3 Å². The first-order chi connectivity index (χ1) is 13.9. The first-order valence-corrected chi connectivity index (χ1v) is 9.06. The van der Waals surface area contributed by atoms with Crippen LogP contribution in [0.3, 0.4) is 0 Å². The van der Waals surface area contributed by atoms with Gasteiger partial charge in [0.1, 0.15) is 5.75 Å². The molecule has 0 heterocycles. The molecule has 0 bridgehead atoms. The number of carboxylic acids is 1. The van der Waals surface area contributed by atoms with Gasteiger partial charge >= 0.3 is 5.97 Å². The summed E-state index contributed by atoms with van der Waals surface area (Å²) < 4.78 is 21.8. The molecule has 0 radical (unpaired) electrons. The van der Waals surface area contributed by atoms with E-state index in [0.717, 1.165) is 33.4 Å². The van der Waals surface area contributed by atoms with Crippen molar-refractivity contribution in [3.63, 3.8) is 0 Å². The molecule has 0 aliphatic heterocycles. The normalized spacial score (nSPS) is 14.0. The van der Waals surface area contributed by atoms with Gasteiger partial charge in [-0.3, -0.25) is 4.79 Å². The fourth-order valence-corrected chi connectivity index (χ4v) is 3.66. The maximum Gasteiger partial charge on any atom is 0.307 e. The van der Waals surface area contributed by atoms with Gasteiger partial charge in [0.05, 0.1) is 34.9 Å². The smallest absolute Gasteiger partial charge is 0.307 e. The summed E-state index contributed by atoms with van der Waals surface area (Å²) in [7, 11) is 6.30. The third-order valence-corrected chi connectivity index (χ3v) is 5.06. The van der Waals surface area contributed by atoms with Crippen molar-refractivity contribution < 1.29 is 28.8 Å². The number of carboxylic acid groups (broad SMARTS) is 1. The van der Waals surface area contributed by atoms with Crippen molar-refractivity contribution in [1.29, 1.82) is 0 Å². The Kier molecular flexibility index (Phi) is 5.82. The maximum atomic E-state index is 11.4. The predicted molar refractivity (Wildman–Crippen MR) is 112 cm³/mol. The van der Waals surface area contributed by atoms with Gasteiger partial charge < -0.3 is 24.1 Å². The summed E-state index contributed by atoms with van der Waals surface area (Å²) in [6.07, 6.45) is 1.92. The summed E-state index contributed by atoms with van der Waals surface area (Å²) in [5, 5.41) is 9.39. The lowest BCUT2D eigenvalue weighted by Gasteiger charge is -2.15. The lowest BCUT2D eigenvalue weighted by Crippen LogP contribution is -1.97. The number of hydrogen-bond acceptors (Lipinski definition) is 5. The molecule has 2 aromatic carbocycles. The SMILES string of the molecule is COc1ccc2c(c1)C(CC(=O)O)=C(C)C2=Cc1ccc(OC)c(OC)c1OC. The molecule has 0 spiro atoms. The molecule has 0 amide bonds. The van der Waals surface area contributed by atoms with Gasteiger partial charge in [0.25, 0.3) is 0 Å². The van der Waals surface area contributed by atoms with Crippen LogP contribution in [-0.4, -0.2) is 39.5 Å². The number of methoxy groups -OCH3 is 4. The highest BCUT2D eigenvalue weighted by molar-refractivity contribution is 6.08. The second-order valence-corrected chi connectivity index (χ2v) is 6.57. The first-order valence-electron chi connectivity index (χ1n) is 9.06. The van der Waals surface area contributed by atoms with Crippen molar-refractivity contribution >= 4 is 23.2 Å². The Morgan fingerprint density at radius 1 is 0.931 bits per heavy atom. The van der Waals surface area contributed by atoms with Crippen LogP contribution in [0.4, 0.5) is 0 Å². The van der Waals surface area contributed by atoms with Crippen molar-refractivity contribution in [3.8, 4) is 23.0 Å². The molecular weight excluding hydrogens is 372 g/mol. The van der Waals surface area contributed by atoms with E-state index in [1.54, 1.807) is 28.4 Å². The van der Waals surface area contributed by atoms with Crippen molar-refractivity contribution in [2.24, 2.45) is 0 Å². The Bertz CT molecular complexity index is 1020. The van der Waals surface area contributed by atoms with Gasteiger partial charge in [-0.2, -0.15) is 0 Å². The van der Waals surface area contributed by atoms with Gasteiger partial charge in [-0.25, -0.2) is 0 Å². The molecule has 1 aliphatic carbocycles. The van der Waals surface area contributed by atoms with E-state index >= 15 is 0 Å². The van der Waals surface area contributed by atoms with Gasteiger partial charge in [-0.1, -0.05) is 6.07 Å². The second-order valence-electron chi connectivity index (χ2n) is 6.57. The zero-order valence-corrected chi connectivity index (χ0v) is 17.2. The Balaban J connectivity index is 2.22. The molecule has 0 unspecified atom stereocenters. The van der Waals surface area contributed by atoms with Crippen LogP contribution < -0.4 is 18.9 Å². The average molecular weight is 396 g/mol. The van der Waals surface area contributed by atoms with Crippen LogP contribution >= 0.6 is 0 Å². The summed E-state index contributed by atoms with van der Waals surface area (Å²) in [5.74, 6) is 1.43. The molecule has 3 rings (SSSR count). The summed E-state index contributed by atoms with van der Waals surface area (Å²) >= 11 is 0. The Hall–Kier alpha value is -3.41. The number of rotatable bonds is 7. The average Bonchev–Trinajstić information content (AvgIpc) is 2.97. The molecular formula is C23H24O6. The zero-order valence-electron chi connectivity index (χ0n) is 17.2. The molecule has 0 aromatic heterocycles. The number of ether oxygens (including phenoxy) is 4. The highest BCUT2D eigenvalue weighted by atomic mass is 16.5. The number of fused-ring (bicyclic) bond motifs is 1. The van der Waals surface area contributed by atoms with Gasteiger partial charge in [-0.05, 0) is 65.1 Å². The van der Waals surface area contributed by atoms with Crippen LogP contribution in [-0.2, 0) is 4.79 Å². The number of benzene rings is 2. The summed E-state index contributed by atoms with van der Waals surface area (Å²) in [5.41, 5.74) is 5.25. The maximum absolute atomic E-state index is 11.4.